The minimum Gasteiger partial charge on any atom is -0.358 e. The number of hydrogen-bond donors (Lipinski definition) is 4. The van der Waals surface area contributed by atoms with E-state index in [2.05, 4.69) is 42.0 Å². The number of nitrogens with zero attached hydrogens (tertiary/aromatic N) is 2. The molecule has 1 unspecified atom stereocenters. The molecular formula is C25H28Cl2N6O2. The van der Waals surface area contributed by atoms with Crippen LogP contribution in [0, 0.1) is 0 Å². The highest BCUT2D eigenvalue weighted by Crippen LogP contribution is 2.31. The van der Waals surface area contributed by atoms with Crippen molar-refractivity contribution in [3.8, 4) is 5.69 Å². The van der Waals surface area contributed by atoms with Gasteiger partial charge in [0.1, 0.15) is 11.9 Å². The summed E-state index contributed by atoms with van der Waals surface area (Å²) in [5, 5.41) is 17.0. The Morgan fingerprint density at radius 1 is 1.11 bits per heavy atom. The summed E-state index contributed by atoms with van der Waals surface area (Å²) < 4.78 is 1.71. The molecule has 184 valence electrons. The standard InChI is InChI=1S/C25H28Cl2N6O2/c1-25(2,3)19-13-20(31-24(35)30-18-7-5-6-17(26)21(18)27)33(32-19)15-8-9-16-14(12-15)10-11-29-22(16)23(34)28-4/h5-9,12-13,22,29H,10-11H2,1-4H3,(H,28,34)(H2,30,31,35). The molecule has 0 spiro atoms. The molecule has 0 fully saturated rings. The zero-order valence-electron chi connectivity index (χ0n) is 20.0. The summed E-state index contributed by atoms with van der Waals surface area (Å²) >= 11 is 12.3. The fourth-order valence-corrected chi connectivity index (χ4v) is 4.31. The summed E-state index contributed by atoms with van der Waals surface area (Å²) in [6.45, 7) is 6.86. The third-order valence-corrected chi connectivity index (χ3v) is 6.67. The highest BCUT2D eigenvalue weighted by Gasteiger charge is 2.27. The summed E-state index contributed by atoms with van der Waals surface area (Å²) in [5.74, 6) is 0.425. The number of carbonyl (C=O) groups excluding carboxylic acids is 2. The number of amides is 3. The largest absolute Gasteiger partial charge is 0.358 e. The van der Waals surface area contributed by atoms with Gasteiger partial charge in [-0.15, -0.1) is 0 Å². The lowest BCUT2D eigenvalue weighted by Gasteiger charge is -2.26. The summed E-state index contributed by atoms with van der Waals surface area (Å²) in [7, 11) is 1.63. The van der Waals surface area contributed by atoms with Gasteiger partial charge in [-0.1, -0.05) is 56.1 Å². The normalized spacial score (nSPS) is 15.3. The van der Waals surface area contributed by atoms with Crippen molar-refractivity contribution in [3.05, 3.63) is 69.3 Å². The van der Waals surface area contributed by atoms with Crippen LogP contribution in [0.3, 0.4) is 0 Å². The van der Waals surface area contributed by atoms with Crippen molar-refractivity contribution < 1.29 is 9.59 Å². The monoisotopic (exact) mass is 514 g/mol. The molecular weight excluding hydrogens is 487 g/mol. The lowest BCUT2D eigenvalue weighted by molar-refractivity contribution is -0.122. The van der Waals surface area contributed by atoms with E-state index in [0.29, 0.717) is 23.1 Å². The number of halogens is 2. The molecule has 0 aliphatic carbocycles. The third kappa shape index (κ3) is 5.29. The van der Waals surface area contributed by atoms with E-state index in [1.165, 1.54) is 0 Å². The number of urea groups is 1. The smallest absolute Gasteiger partial charge is 0.324 e. The molecule has 3 aromatic rings. The van der Waals surface area contributed by atoms with Crippen LogP contribution in [0.15, 0.2) is 42.5 Å². The molecule has 4 N–H and O–H groups in total. The predicted octanol–water partition coefficient (Wildman–Crippen LogP) is 5.05. The first-order valence-corrected chi connectivity index (χ1v) is 12.0. The van der Waals surface area contributed by atoms with Crippen molar-refractivity contribution in [2.45, 2.75) is 38.6 Å². The van der Waals surface area contributed by atoms with Gasteiger partial charge in [0.25, 0.3) is 0 Å². The Balaban J connectivity index is 1.68. The van der Waals surface area contributed by atoms with Crippen LogP contribution in [-0.4, -0.2) is 35.3 Å². The fourth-order valence-electron chi connectivity index (χ4n) is 3.97. The third-order valence-electron chi connectivity index (χ3n) is 5.85. The highest BCUT2D eigenvalue weighted by atomic mass is 35.5. The molecule has 1 atom stereocenters. The molecule has 2 aromatic carbocycles. The highest BCUT2D eigenvalue weighted by molar-refractivity contribution is 6.44. The van der Waals surface area contributed by atoms with Crippen molar-refractivity contribution in [2.75, 3.05) is 24.2 Å². The molecule has 0 bridgehead atoms. The summed E-state index contributed by atoms with van der Waals surface area (Å²) in [6, 6.07) is 11.9. The first-order valence-electron chi connectivity index (χ1n) is 11.3. The Morgan fingerprint density at radius 3 is 2.60 bits per heavy atom. The number of nitrogens with one attached hydrogen (secondary N) is 4. The molecule has 35 heavy (non-hydrogen) atoms. The average molecular weight is 515 g/mol. The van der Waals surface area contributed by atoms with E-state index in [1.54, 1.807) is 29.9 Å². The number of anilines is 2. The lowest BCUT2D eigenvalue weighted by Crippen LogP contribution is -2.40. The quantitative estimate of drug-likeness (QED) is 0.391. The second-order valence-corrected chi connectivity index (χ2v) is 10.2. The van der Waals surface area contributed by atoms with Crippen LogP contribution in [0.4, 0.5) is 16.3 Å². The molecule has 0 saturated heterocycles. The molecule has 3 amide bonds. The summed E-state index contributed by atoms with van der Waals surface area (Å²) in [6.07, 6.45) is 0.778. The lowest BCUT2D eigenvalue weighted by atomic mass is 9.92. The molecule has 10 heteroatoms. The first-order chi connectivity index (χ1) is 16.6. The summed E-state index contributed by atoms with van der Waals surface area (Å²) in [4.78, 5) is 25.2. The first kappa shape index (κ1) is 25.0. The minimum atomic E-state index is -0.474. The van der Waals surface area contributed by atoms with Gasteiger partial charge in [-0.05, 0) is 41.8 Å². The van der Waals surface area contributed by atoms with E-state index in [-0.39, 0.29) is 16.3 Å². The second-order valence-electron chi connectivity index (χ2n) is 9.39. The average Bonchev–Trinajstić information content (AvgIpc) is 3.25. The van der Waals surface area contributed by atoms with Gasteiger partial charge in [-0.25, -0.2) is 9.48 Å². The van der Waals surface area contributed by atoms with Gasteiger partial charge in [0, 0.05) is 25.1 Å². The molecule has 8 nitrogen and oxygen atoms in total. The maximum Gasteiger partial charge on any atom is 0.324 e. The SMILES string of the molecule is CNC(=O)C1NCCc2cc(-n3nc(C(C)(C)C)cc3NC(=O)Nc3cccc(Cl)c3Cl)ccc21. The molecule has 1 aliphatic heterocycles. The van der Waals surface area contributed by atoms with Gasteiger partial charge in [0.05, 0.1) is 27.1 Å². The van der Waals surface area contributed by atoms with E-state index < -0.39 is 12.1 Å². The van der Waals surface area contributed by atoms with Crippen molar-refractivity contribution >= 4 is 46.6 Å². The van der Waals surface area contributed by atoms with Gasteiger partial charge in [-0.3, -0.25) is 10.1 Å². The Hall–Kier alpha value is -3.07. The zero-order valence-corrected chi connectivity index (χ0v) is 21.5. The van der Waals surface area contributed by atoms with E-state index in [4.69, 9.17) is 28.3 Å². The number of carbonyl (C=O) groups is 2. The minimum absolute atomic E-state index is 0.0773. The zero-order chi connectivity index (χ0) is 25.3. The van der Waals surface area contributed by atoms with Crippen LogP contribution in [0.2, 0.25) is 10.0 Å². The maximum atomic E-state index is 12.9. The van der Waals surface area contributed by atoms with Gasteiger partial charge in [-0.2, -0.15) is 5.10 Å². The Bertz CT molecular complexity index is 1280. The topological polar surface area (TPSA) is 100 Å². The Morgan fingerprint density at radius 2 is 1.89 bits per heavy atom. The van der Waals surface area contributed by atoms with Crippen molar-refractivity contribution in [3.63, 3.8) is 0 Å². The van der Waals surface area contributed by atoms with Crippen LogP contribution in [0.1, 0.15) is 43.6 Å². The number of fused-ring (bicyclic) bond motifs is 1. The van der Waals surface area contributed by atoms with Crippen LogP contribution >= 0.6 is 23.2 Å². The molecule has 2 heterocycles. The number of aromatic nitrogens is 2. The molecule has 0 radical (unpaired) electrons. The predicted molar refractivity (Wildman–Crippen MR) is 140 cm³/mol. The van der Waals surface area contributed by atoms with Crippen LogP contribution in [0.5, 0.6) is 0 Å². The van der Waals surface area contributed by atoms with Gasteiger partial charge < -0.3 is 16.0 Å². The number of likely N-dealkylation sites (N-methyl/N-ethyl adjacent to an activating group) is 1. The number of rotatable bonds is 4. The van der Waals surface area contributed by atoms with Crippen molar-refractivity contribution in [1.29, 1.82) is 0 Å². The van der Waals surface area contributed by atoms with E-state index in [0.717, 1.165) is 28.9 Å². The van der Waals surface area contributed by atoms with Gasteiger partial charge in [0.2, 0.25) is 5.91 Å². The van der Waals surface area contributed by atoms with E-state index in [9.17, 15) is 9.59 Å². The fraction of sp³-hybridized carbons (Fsp3) is 0.320. The number of benzene rings is 2. The van der Waals surface area contributed by atoms with Crippen LogP contribution in [-0.2, 0) is 16.6 Å². The second kappa shape index (κ2) is 9.89. The van der Waals surface area contributed by atoms with Crippen molar-refractivity contribution in [1.82, 2.24) is 20.4 Å². The Kier molecular flexibility index (Phi) is 7.07. The van der Waals surface area contributed by atoms with Crippen LogP contribution in [0.25, 0.3) is 5.69 Å². The van der Waals surface area contributed by atoms with E-state index >= 15 is 0 Å². The van der Waals surface area contributed by atoms with Gasteiger partial charge in [0.15, 0.2) is 0 Å². The molecule has 1 aliphatic rings. The Labute approximate surface area is 214 Å². The van der Waals surface area contributed by atoms with E-state index in [1.807, 2.05) is 24.3 Å². The number of hydrogen-bond acceptors (Lipinski definition) is 4. The van der Waals surface area contributed by atoms with Crippen LogP contribution < -0.4 is 21.3 Å². The van der Waals surface area contributed by atoms with Crippen molar-refractivity contribution in [2.24, 2.45) is 0 Å². The summed E-state index contributed by atoms with van der Waals surface area (Å²) in [5.41, 5.74) is 3.76. The molecule has 1 aromatic heterocycles. The molecule has 0 saturated carbocycles. The molecule has 4 rings (SSSR count). The van der Waals surface area contributed by atoms with Gasteiger partial charge >= 0.3 is 6.03 Å². The maximum absolute atomic E-state index is 12.9.